The number of morpholine rings is 2. The van der Waals surface area contributed by atoms with Gasteiger partial charge in [0.15, 0.2) is 5.66 Å². The van der Waals surface area contributed by atoms with Crippen LogP contribution in [0.1, 0.15) is 0 Å². The highest BCUT2D eigenvalue weighted by Crippen LogP contribution is 2.25. The van der Waals surface area contributed by atoms with Crippen molar-refractivity contribution in [3.63, 3.8) is 0 Å². The summed E-state index contributed by atoms with van der Waals surface area (Å²) in [5.41, 5.74) is 11.2. The average molecular weight is 304 g/mol. The Morgan fingerprint density at radius 2 is 1.11 bits per heavy atom. The summed E-state index contributed by atoms with van der Waals surface area (Å²) in [6.07, 6.45) is 0. The number of hydrogen-bond acceptors (Lipinski definition) is 6. The van der Waals surface area contributed by atoms with Crippen molar-refractivity contribution in [3.8, 4) is 0 Å². The van der Waals surface area contributed by atoms with Gasteiger partial charge in [0.1, 0.15) is 9.98 Å². The van der Waals surface area contributed by atoms with Gasteiger partial charge in [0, 0.05) is 26.2 Å². The molecular formula is C11H20N4O2S2. The summed E-state index contributed by atoms with van der Waals surface area (Å²) in [5.74, 6) is 0. The SMILES string of the molecule is NC(=S)C(C(N)=S)(N1CCOCC1)N1CCOCC1. The van der Waals surface area contributed by atoms with Crippen LogP contribution in [0.15, 0.2) is 0 Å². The molecule has 4 N–H and O–H groups in total. The number of rotatable bonds is 4. The smallest absolute Gasteiger partial charge is 0.177 e. The second-order valence-electron chi connectivity index (χ2n) is 4.60. The zero-order chi connectivity index (χ0) is 13.9. The Kier molecular flexibility index (Phi) is 5.04. The van der Waals surface area contributed by atoms with Crippen molar-refractivity contribution in [1.29, 1.82) is 0 Å². The maximum atomic E-state index is 6.03. The molecule has 0 aromatic rings. The molecular weight excluding hydrogens is 284 g/mol. The van der Waals surface area contributed by atoms with Crippen LogP contribution in [0.5, 0.6) is 0 Å². The fraction of sp³-hybridized carbons (Fsp3) is 0.818. The van der Waals surface area contributed by atoms with Crippen molar-refractivity contribution in [2.24, 2.45) is 11.5 Å². The van der Waals surface area contributed by atoms with E-state index in [1.165, 1.54) is 0 Å². The molecule has 0 aromatic carbocycles. The molecule has 8 heteroatoms. The lowest BCUT2D eigenvalue weighted by Crippen LogP contribution is -2.75. The van der Waals surface area contributed by atoms with E-state index in [-0.39, 0.29) is 0 Å². The Hall–Kier alpha value is -0.380. The van der Waals surface area contributed by atoms with Crippen LogP contribution in [0, 0.1) is 0 Å². The third-order valence-corrected chi connectivity index (χ3v) is 4.19. The van der Waals surface area contributed by atoms with Crippen molar-refractivity contribution in [2.75, 3.05) is 52.6 Å². The third-order valence-electron chi connectivity index (χ3n) is 3.62. The first-order valence-electron chi connectivity index (χ1n) is 6.35. The minimum absolute atomic E-state index is 0.309. The van der Waals surface area contributed by atoms with E-state index in [1.54, 1.807) is 0 Å². The molecule has 2 aliphatic rings. The van der Waals surface area contributed by atoms with Crippen LogP contribution >= 0.6 is 24.4 Å². The molecule has 2 saturated heterocycles. The lowest BCUT2D eigenvalue weighted by Gasteiger charge is -2.51. The standard InChI is InChI=1S/C11H20N4O2S2/c12-9(18)11(10(13)19,14-1-5-16-6-2-14)15-3-7-17-8-4-15/h1-8H2,(H2,12,18)(H2,13,19). The molecule has 0 spiro atoms. The summed E-state index contributed by atoms with van der Waals surface area (Å²) >= 11 is 10.6. The van der Waals surface area contributed by atoms with Crippen LogP contribution in [0.2, 0.25) is 0 Å². The average Bonchev–Trinajstić information content (AvgIpc) is 2.41. The fourth-order valence-electron chi connectivity index (χ4n) is 2.72. The largest absolute Gasteiger partial charge is 0.390 e. The highest BCUT2D eigenvalue weighted by Gasteiger charge is 2.48. The lowest BCUT2D eigenvalue weighted by molar-refractivity contribution is -0.0642. The summed E-state index contributed by atoms with van der Waals surface area (Å²) in [6.45, 7) is 5.40. The van der Waals surface area contributed by atoms with E-state index in [0.29, 0.717) is 62.6 Å². The number of nitrogens with two attached hydrogens (primary N) is 2. The second kappa shape index (κ2) is 6.38. The van der Waals surface area contributed by atoms with E-state index >= 15 is 0 Å². The predicted octanol–water partition coefficient (Wildman–Crippen LogP) is -1.08. The van der Waals surface area contributed by atoms with Crippen molar-refractivity contribution in [1.82, 2.24) is 9.80 Å². The van der Waals surface area contributed by atoms with Gasteiger partial charge in [0.2, 0.25) is 0 Å². The van der Waals surface area contributed by atoms with Crippen molar-refractivity contribution >= 4 is 34.4 Å². The highest BCUT2D eigenvalue weighted by molar-refractivity contribution is 7.82. The zero-order valence-corrected chi connectivity index (χ0v) is 12.5. The lowest BCUT2D eigenvalue weighted by atomic mass is 10.0. The summed E-state index contributed by atoms with van der Waals surface area (Å²) < 4.78 is 10.8. The Balaban J connectivity index is 2.33. The molecule has 2 heterocycles. The molecule has 0 radical (unpaired) electrons. The van der Waals surface area contributed by atoms with Crippen LogP contribution in [-0.4, -0.2) is 78.0 Å². The quantitative estimate of drug-likeness (QED) is 0.635. The summed E-state index contributed by atoms with van der Waals surface area (Å²) in [4.78, 5) is 4.88. The fourth-order valence-corrected chi connectivity index (χ4v) is 3.52. The van der Waals surface area contributed by atoms with Crippen LogP contribution < -0.4 is 11.5 Å². The van der Waals surface area contributed by atoms with Crippen LogP contribution in [-0.2, 0) is 9.47 Å². The van der Waals surface area contributed by atoms with E-state index < -0.39 is 5.66 Å². The first-order valence-corrected chi connectivity index (χ1v) is 7.17. The zero-order valence-electron chi connectivity index (χ0n) is 10.8. The van der Waals surface area contributed by atoms with Gasteiger partial charge in [-0.25, -0.2) is 0 Å². The molecule has 2 rings (SSSR count). The predicted molar refractivity (Wildman–Crippen MR) is 81.1 cm³/mol. The number of thiocarbonyl (C=S) groups is 2. The normalized spacial score (nSPS) is 23.2. The van der Waals surface area contributed by atoms with E-state index in [9.17, 15) is 0 Å². The van der Waals surface area contributed by atoms with Gasteiger partial charge < -0.3 is 20.9 Å². The van der Waals surface area contributed by atoms with Gasteiger partial charge >= 0.3 is 0 Å². The summed E-state index contributed by atoms with van der Waals surface area (Å²) in [7, 11) is 0. The summed E-state index contributed by atoms with van der Waals surface area (Å²) in [5, 5.41) is 0. The Labute approximate surface area is 124 Å². The first kappa shape index (κ1) is 15.0. The third kappa shape index (κ3) is 2.74. The minimum atomic E-state index is -0.835. The van der Waals surface area contributed by atoms with E-state index in [4.69, 9.17) is 45.4 Å². The van der Waals surface area contributed by atoms with Gasteiger partial charge in [-0.3, -0.25) is 9.80 Å². The van der Waals surface area contributed by atoms with Crippen LogP contribution in [0.25, 0.3) is 0 Å². The molecule has 0 bridgehead atoms. The van der Waals surface area contributed by atoms with Gasteiger partial charge in [-0.15, -0.1) is 0 Å². The monoisotopic (exact) mass is 304 g/mol. The molecule has 2 aliphatic heterocycles. The van der Waals surface area contributed by atoms with E-state index in [0.717, 1.165) is 0 Å². The molecule has 19 heavy (non-hydrogen) atoms. The molecule has 0 unspecified atom stereocenters. The first-order chi connectivity index (χ1) is 9.10. The van der Waals surface area contributed by atoms with Gasteiger partial charge in [-0.1, -0.05) is 24.4 Å². The molecule has 0 aliphatic carbocycles. The van der Waals surface area contributed by atoms with Crippen molar-refractivity contribution in [2.45, 2.75) is 5.66 Å². The molecule has 2 fully saturated rings. The van der Waals surface area contributed by atoms with Gasteiger partial charge in [-0.05, 0) is 0 Å². The van der Waals surface area contributed by atoms with Crippen molar-refractivity contribution < 1.29 is 9.47 Å². The Bertz CT molecular complexity index is 321. The highest BCUT2D eigenvalue weighted by atomic mass is 32.1. The minimum Gasteiger partial charge on any atom is -0.390 e. The van der Waals surface area contributed by atoms with E-state index in [2.05, 4.69) is 9.80 Å². The van der Waals surface area contributed by atoms with Crippen molar-refractivity contribution in [3.05, 3.63) is 0 Å². The van der Waals surface area contributed by atoms with Gasteiger partial charge in [-0.2, -0.15) is 0 Å². The number of ether oxygens (including phenoxy) is 2. The van der Waals surface area contributed by atoms with E-state index in [1.807, 2.05) is 0 Å². The molecule has 6 nitrogen and oxygen atoms in total. The maximum absolute atomic E-state index is 6.03. The Morgan fingerprint density at radius 3 is 1.37 bits per heavy atom. The van der Waals surface area contributed by atoms with Gasteiger partial charge in [0.05, 0.1) is 26.4 Å². The Morgan fingerprint density at radius 1 is 0.789 bits per heavy atom. The topological polar surface area (TPSA) is 77.0 Å². The number of nitrogens with zero attached hydrogens (tertiary/aromatic N) is 2. The molecule has 0 atom stereocenters. The molecule has 108 valence electrons. The van der Waals surface area contributed by atoms with Crippen LogP contribution in [0.4, 0.5) is 0 Å². The molecule has 0 aromatic heterocycles. The molecule has 0 amide bonds. The van der Waals surface area contributed by atoms with Crippen LogP contribution in [0.3, 0.4) is 0 Å². The maximum Gasteiger partial charge on any atom is 0.177 e. The number of hydrogen-bond donors (Lipinski definition) is 2. The molecule has 0 saturated carbocycles. The second-order valence-corrected chi connectivity index (χ2v) is 5.48. The van der Waals surface area contributed by atoms with Gasteiger partial charge in [0.25, 0.3) is 0 Å². The summed E-state index contributed by atoms with van der Waals surface area (Å²) in [6, 6.07) is 0.